The van der Waals surface area contributed by atoms with Crippen LogP contribution in [0.2, 0.25) is 0 Å². The highest BCUT2D eigenvalue weighted by Crippen LogP contribution is 2.34. The summed E-state index contributed by atoms with van der Waals surface area (Å²) in [5.74, 6) is 0.837. The molecule has 1 atom stereocenters. The van der Waals surface area contributed by atoms with Crippen molar-refractivity contribution in [3.05, 3.63) is 60.7 Å². The summed E-state index contributed by atoms with van der Waals surface area (Å²) in [6, 6.07) is 20.2. The monoisotopic (exact) mass is 404 g/mol. The molecule has 2 N–H and O–H groups in total. The first-order valence-corrected chi connectivity index (χ1v) is 10.4. The Bertz CT molecular complexity index is 1110. The summed E-state index contributed by atoms with van der Waals surface area (Å²) < 4.78 is 0. The predicted octanol–water partition coefficient (Wildman–Crippen LogP) is 5.09. The van der Waals surface area contributed by atoms with Gasteiger partial charge in [0.1, 0.15) is 5.82 Å². The van der Waals surface area contributed by atoms with Crippen molar-refractivity contribution in [2.45, 2.75) is 6.92 Å². The molecule has 5 nitrogen and oxygen atoms in total. The smallest absolute Gasteiger partial charge is 0.228 e. The number of thiophene rings is 1. The minimum absolute atomic E-state index is 0.0324. The second kappa shape index (κ2) is 8.19. The number of aromatic amines is 1. The number of benzene rings is 2. The van der Waals surface area contributed by atoms with Crippen molar-refractivity contribution in [1.29, 1.82) is 0 Å². The van der Waals surface area contributed by atoms with Gasteiger partial charge in [0.25, 0.3) is 0 Å². The average molecular weight is 405 g/mol. The molecule has 0 aliphatic heterocycles. The first-order valence-electron chi connectivity index (χ1n) is 9.60. The van der Waals surface area contributed by atoms with E-state index in [-0.39, 0.29) is 11.8 Å². The van der Waals surface area contributed by atoms with Crippen molar-refractivity contribution < 1.29 is 4.79 Å². The zero-order valence-corrected chi connectivity index (χ0v) is 17.6. The topological polar surface area (TPSA) is 61.0 Å². The Kier molecular flexibility index (Phi) is 5.47. The number of rotatable bonds is 6. The van der Waals surface area contributed by atoms with Crippen LogP contribution < -0.4 is 5.32 Å². The lowest BCUT2D eigenvalue weighted by Gasteiger charge is -2.16. The molecule has 148 valence electrons. The molecule has 0 bridgehead atoms. The lowest BCUT2D eigenvalue weighted by molar-refractivity contribution is -0.119. The Morgan fingerprint density at radius 1 is 1.10 bits per heavy atom. The molecule has 0 saturated carbocycles. The van der Waals surface area contributed by atoms with Crippen molar-refractivity contribution >= 4 is 34.0 Å². The van der Waals surface area contributed by atoms with Crippen molar-refractivity contribution in [3.63, 3.8) is 0 Å². The van der Waals surface area contributed by atoms with Crippen LogP contribution in [0, 0.1) is 5.92 Å². The van der Waals surface area contributed by atoms with Crippen LogP contribution in [0.3, 0.4) is 0 Å². The number of anilines is 1. The summed E-state index contributed by atoms with van der Waals surface area (Å²) in [4.78, 5) is 24.7. The van der Waals surface area contributed by atoms with Crippen molar-refractivity contribution in [2.75, 3.05) is 26.0 Å². The Hall–Kier alpha value is -2.96. The van der Waals surface area contributed by atoms with E-state index in [0.29, 0.717) is 0 Å². The summed E-state index contributed by atoms with van der Waals surface area (Å²) >= 11 is 1.68. The minimum atomic E-state index is -0.0740. The summed E-state index contributed by atoms with van der Waals surface area (Å²) in [6.45, 7) is 2.66. The lowest BCUT2D eigenvalue weighted by atomic mass is 10.1. The van der Waals surface area contributed by atoms with Gasteiger partial charge in [0, 0.05) is 23.0 Å². The van der Waals surface area contributed by atoms with E-state index in [2.05, 4.69) is 33.5 Å². The molecule has 2 aromatic heterocycles. The number of nitrogens with one attached hydrogen (secondary N) is 2. The van der Waals surface area contributed by atoms with Gasteiger partial charge in [0.15, 0.2) is 0 Å². The highest BCUT2D eigenvalue weighted by molar-refractivity contribution is 7.18. The SMILES string of the molecule is CC(CN(C)C)C(=O)Nc1cccc(-c2ccc(-c3nc4ccccc4[nH]3)s2)c1. The molecule has 0 fully saturated rings. The third kappa shape index (κ3) is 4.39. The van der Waals surface area contributed by atoms with Gasteiger partial charge in [-0.3, -0.25) is 4.79 Å². The molecule has 0 aliphatic rings. The molecule has 1 amide bonds. The maximum atomic E-state index is 12.4. The molecule has 0 aliphatic carbocycles. The quantitative estimate of drug-likeness (QED) is 0.470. The van der Waals surface area contributed by atoms with Crippen LogP contribution in [-0.2, 0) is 4.79 Å². The molecule has 1 unspecified atom stereocenters. The number of aromatic nitrogens is 2. The highest BCUT2D eigenvalue weighted by atomic mass is 32.1. The zero-order chi connectivity index (χ0) is 20.4. The van der Waals surface area contributed by atoms with E-state index < -0.39 is 0 Å². The molecule has 2 heterocycles. The van der Waals surface area contributed by atoms with E-state index in [4.69, 9.17) is 0 Å². The van der Waals surface area contributed by atoms with Gasteiger partial charge >= 0.3 is 0 Å². The summed E-state index contributed by atoms with van der Waals surface area (Å²) in [5, 5.41) is 3.03. The zero-order valence-electron chi connectivity index (χ0n) is 16.8. The second-order valence-corrected chi connectivity index (χ2v) is 8.58. The molecule has 6 heteroatoms. The third-order valence-electron chi connectivity index (χ3n) is 4.73. The van der Waals surface area contributed by atoms with Crippen molar-refractivity contribution in [1.82, 2.24) is 14.9 Å². The number of para-hydroxylation sites is 2. The number of nitrogens with zero attached hydrogens (tertiary/aromatic N) is 2. The van der Waals surface area contributed by atoms with Gasteiger partial charge in [-0.1, -0.05) is 31.2 Å². The Morgan fingerprint density at radius 3 is 2.69 bits per heavy atom. The predicted molar refractivity (Wildman–Crippen MR) is 121 cm³/mol. The standard InChI is InChI=1S/C23H24N4OS/c1-15(14-27(2)3)23(28)24-17-8-6-7-16(13-17)20-11-12-21(29-20)22-25-18-9-4-5-10-19(18)26-22/h4-13,15H,14H2,1-3H3,(H,24,28)(H,25,26). The molecule has 4 rings (SSSR count). The number of carbonyl (C=O) groups is 1. The highest BCUT2D eigenvalue weighted by Gasteiger charge is 2.14. The van der Waals surface area contributed by atoms with Crippen LogP contribution >= 0.6 is 11.3 Å². The van der Waals surface area contributed by atoms with Crippen LogP contribution in [0.1, 0.15) is 6.92 Å². The van der Waals surface area contributed by atoms with Crippen LogP contribution in [0.4, 0.5) is 5.69 Å². The number of hydrogen-bond donors (Lipinski definition) is 2. The van der Waals surface area contributed by atoms with Crippen molar-refractivity contribution in [3.8, 4) is 21.1 Å². The molecule has 4 aromatic rings. The van der Waals surface area contributed by atoms with E-state index in [1.54, 1.807) is 11.3 Å². The molecule has 0 spiro atoms. The average Bonchev–Trinajstić information content (AvgIpc) is 3.34. The maximum absolute atomic E-state index is 12.4. The molecule has 29 heavy (non-hydrogen) atoms. The Balaban J connectivity index is 1.54. The van der Waals surface area contributed by atoms with Crippen molar-refractivity contribution in [2.24, 2.45) is 5.92 Å². The maximum Gasteiger partial charge on any atom is 0.228 e. The van der Waals surface area contributed by atoms with Gasteiger partial charge in [0.05, 0.1) is 15.9 Å². The lowest BCUT2D eigenvalue weighted by Crippen LogP contribution is -2.29. The summed E-state index contributed by atoms with van der Waals surface area (Å²) in [6.07, 6.45) is 0. The van der Waals surface area contributed by atoms with Gasteiger partial charge in [0.2, 0.25) is 5.91 Å². The van der Waals surface area contributed by atoms with E-state index in [0.717, 1.165) is 44.4 Å². The van der Waals surface area contributed by atoms with Crippen LogP contribution in [0.25, 0.3) is 32.2 Å². The van der Waals surface area contributed by atoms with E-state index in [9.17, 15) is 4.79 Å². The van der Waals surface area contributed by atoms with E-state index >= 15 is 0 Å². The van der Waals surface area contributed by atoms with Crippen LogP contribution in [0.15, 0.2) is 60.7 Å². The van der Waals surface area contributed by atoms with E-state index in [1.165, 1.54) is 0 Å². The van der Waals surface area contributed by atoms with Gasteiger partial charge in [-0.15, -0.1) is 11.3 Å². The van der Waals surface area contributed by atoms with Crippen LogP contribution in [-0.4, -0.2) is 41.4 Å². The number of carbonyl (C=O) groups excluding carboxylic acids is 1. The molecule has 2 aromatic carbocycles. The van der Waals surface area contributed by atoms with Crippen LogP contribution in [0.5, 0.6) is 0 Å². The van der Waals surface area contributed by atoms with Gasteiger partial charge in [-0.25, -0.2) is 4.98 Å². The number of H-pyrrole nitrogens is 1. The molecule has 0 saturated heterocycles. The van der Waals surface area contributed by atoms with Gasteiger partial charge < -0.3 is 15.2 Å². The molecular weight excluding hydrogens is 380 g/mol. The Labute approximate surface area is 174 Å². The minimum Gasteiger partial charge on any atom is -0.337 e. The summed E-state index contributed by atoms with van der Waals surface area (Å²) in [7, 11) is 3.95. The number of amides is 1. The number of imidazole rings is 1. The molecule has 0 radical (unpaired) electrons. The number of fused-ring (bicyclic) bond motifs is 1. The Morgan fingerprint density at radius 2 is 1.90 bits per heavy atom. The largest absolute Gasteiger partial charge is 0.337 e. The first kappa shape index (κ1) is 19.4. The second-order valence-electron chi connectivity index (χ2n) is 7.50. The number of hydrogen-bond acceptors (Lipinski definition) is 4. The van der Waals surface area contributed by atoms with Gasteiger partial charge in [-0.05, 0) is 56.1 Å². The normalized spacial score (nSPS) is 12.4. The first-order chi connectivity index (χ1) is 14.0. The van der Waals surface area contributed by atoms with Gasteiger partial charge in [-0.2, -0.15) is 0 Å². The van der Waals surface area contributed by atoms with E-state index in [1.807, 2.05) is 68.4 Å². The fourth-order valence-electron chi connectivity index (χ4n) is 3.34. The summed E-state index contributed by atoms with van der Waals surface area (Å²) in [5.41, 5.74) is 3.90. The fraction of sp³-hybridized carbons (Fsp3) is 0.217. The third-order valence-corrected chi connectivity index (χ3v) is 5.87. The fourth-order valence-corrected chi connectivity index (χ4v) is 4.28. The molecular formula is C23H24N4OS.